The number of benzene rings is 3. The standard InChI is InChI=1S/C30H31NO5/c1-4-5-6-18-36-24-16-12-22(13-17-24)28(33)26-27(21-10-14-23(32)15-11-21)31(30(35)29(26)34)25-9-7-8-19(2)20(25)3/h7-17,27,32-33H,4-6,18H2,1-3H3/b28-26+. The summed E-state index contributed by atoms with van der Waals surface area (Å²) in [4.78, 5) is 28.1. The Hall–Kier alpha value is -4.06. The summed E-state index contributed by atoms with van der Waals surface area (Å²) in [5.41, 5.74) is 3.47. The van der Waals surface area contributed by atoms with Crippen LogP contribution in [0.5, 0.6) is 11.5 Å². The molecule has 1 amide bonds. The number of rotatable bonds is 8. The van der Waals surface area contributed by atoms with Gasteiger partial charge in [-0.2, -0.15) is 0 Å². The number of carbonyl (C=O) groups excluding carboxylic acids is 2. The van der Waals surface area contributed by atoms with E-state index in [2.05, 4.69) is 6.92 Å². The van der Waals surface area contributed by atoms with E-state index >= 15 is 0 Å². The number of phenols is 1. The number of hydrogen-bond donors (Lipinski definition) is 2. The van der Waals surface area contributed by atoms with Gasteiger partial charge < -0.3 is 14.9 Å². The Morgan fingerprint density at radius 2 is 1.64 bits per heavy atom. The average Bonchev–Trinajstić information content (AvgIpc) is 3.14. The Bertz CT molecular complexity index is 1290. The van der Waals surface area contributed by atoms with E-state index in [4.69, 9.17) is 4.74 Å². The van der Waals surface area contributed by atoms with Crippen molar-refractivity contribution in [2.75, 3.05) is 11.5 Å². The van der Waals surface area contributed by atoms with E-state index in [-0.39, 0.29) is 17.1 Å². The van der Waals surface area contributed by atoms with Crippen LogP contribution in [0.15, 0.2) is 72.3 Å². The largest absolute Gasteiger partial charge is 0.508 e. The number of hydrogen-bond acceptors (Lipinski definition) is 5. The highest BCUT2D eigenvalue weighted by atomic mass is 16.5. The third-order valence-corrected chi connectivity index (χ3v) is 6.63. The van der Waals surface area contributed by atoms with Gasteiger partial charge in [0.05, 0.1) is 18.2 Å². The lowest BCUT2D eigenvalue weighted by Gasteiger charge is -2.27. The number of amides is 1. The van der Waals surface area contributed by atoms with Gasteiger partial charge in [0.1, 0.15) is 17.3 Å². The van der Waals surface area contributed by atoms with E-state index in [9.17, 15) is 19.8 Å². The van der Waals surface area contributed by atoms with E-state index in [0.29, 0.717) is 29.2 Å². The predicted molar refractivity (Wildman–Crippen MR) is 140 cm³/mol. The molecule has 2 N–H and O–H groups in total. The first kappa shape index (κ1) is 25.0. The van der Waals surface area contributed by atoms with E-state index in [0.717, 1.165) is 30.4 Å². The highest BCUT2D eigenvalue weighted by Gasteiger charge is 2.47. The van der Waals surface area contributed by atoms with Crippen LogP contribution in [-0.4, -0.2) is 28.5 Å². The number of ether oxygens (including phenoxy) is 1. The zero-order chi connectivity index (χ0) is 25.8. The van der Waals surface area contributed by atoms with Crippen LogP contribution in [-0.2, 0) is 9.59 Å². The van der Waals surface area contributed by atoms with E-state index < -0.39 is 17.7 Å². The molecule has 1 aliphatic heterocycles. The fourth-order valence-electron chi connectivity index (χ4n) is 4.46. The number of anilines is 1. The molecule has 6 nitrogen and oxygen atoms in total. The minimum absolute atomic E-state index is 0.00297. The van der Waals surface area contributed by atoms with Crippen LogP contribution in [0, 0.1) is 13.8 Å². The Balaban J connectivity index is 1.78. The fourth-order valence-corrected chi connectivity index (χ4v) is 4.46. The normalized spacial score (nSPS) is 17.0. The molecule has 6 heteroatoms. The second kappa shape index (κ2) is 10.7. The van der Waals surface area contributed by atoms with Gasteiger partial charge >= 0.3 is 0 Å². The van der Waals surface area contributed by atoms with Crippen LogP contribution in [0.1, 0.15) is 54.5 Å². The van der Waals surface area contributed by atoms with Crippen LogP contribution < -0.4 is 9.64 Å². The minimum Gasteiger partial charge on any atom is -0.508 e. The van der Waals surface area contributed by atoms with Gasteiger partial charge in [0.15, 0.2) is 0 Å². The molecular weight excluding hydrogens is 454 g/mol. The summed E-state index contributed by atoms with van der Waals surface area (Å²) in [6.07, 6.45) is 3.17. The molecule has 3 aromatic rings. The van der Waals surface area contributed by atoms with Gasteiger partial charge in [0.25, 0.3) is 11.7 Å². The molecule has 186 valence electrons. The first-order chi connectivity index (χ1) is 17.3. The van der Waals surface area contributed by atoms with Gasteiger partial charge in [0.2, 0.25) is 0 Å². The minimum atomic E-state index is -0.851. The van der Waals surface area contributed by atoms with E-state index in [1.165, 1.54) is 17.0 Å². The molecule has 36 heavy (non-hydrogen) atoms. The number of aromatic hydroxyl groups is 1. The maximum absolute atomic E-state index is 13.4. The lowest BCUT2D eigenvalue weighted by atomic mass is 9.94. The highest BCUT2D eigenvalue weighted by Crippen LogP contribution is 2.43. The monoisotopic (exact) mass is 485 g/mol. The quantitative estimate of drug-likeness (QED) is 0.172. The molecule has 0 spiro atoms. The second-order valence-corrected chi connectivity index (χ2v) is 9.06. The van der Waals surface area contributed by atoms with Crippen molar-refractivity contribution in [1.82, 2.24) is 0 Å². The molecule has 1 unspecified atom stereocenters. The summed E-state index contributed by atoms with van der Waals surface area (Å²) in [6, 6.07) is 17.9. The number of aryl methyl sites for hydroxylation is 1. The number of ketones is 1. The molecule has 0 aromatic heterocycles. The smallest absolute Gasteiger partial charge is 0.300 e. The van der Waals surface area contributed by atoms with E-state index in [1.54, 1.807) is 42.5 Å². The van der Waals surface area contributed by atoms with Crippen molar-refractivity contribution < 1.29 is 24.5 Å². The zero-order valence-electron chi connectivity index (χ0n) is 20.8. The molecule has 1 atom stereocenters. The SMILES string of the molecule is CCCCCOc1ccc(/C(O)=C2\C(=O)C(=O)N(c3cccc(C)c3C)C2c2ccc(O)cc2)cc1. The number of unbranched alkanes of at least 4 members (excludes halogenated alkanes) is 2. The van der Waals surface area contributed by atoms with Gasteiger partial charge in [-0.05, 0) is 79.4 Å². The summed E-state index contributed by atoms with van der Waals surface area (Å²) in [6.45, 7) is 6.59. The van der Waals surface area contributed by atoms with Crippen LogP contribution in [0.25, 0.3) is 5.76 Å². The summed E-state index contributed by atoms with van der Waals surface area (Å²) in [5.74, 6) is -0.979. The highest BCUT2D eigenvalue weighted by molar-refractivity contribution is 6.51. The van der Waals surface area contributed by atoms with Crippen LogP contribution in [0.4, 0.5) is 5.69 Å². The van der Waals surface area contributed by atoms with Gasteiger partial charge in [-0.15, -0.1) is 0 Å². The van der Waals surface area contributed by atoms with Crippen molar-refractivity contribution in [3.63, 3.8) is 0 Å². The molecule has 1 fully saturated rings. The maximum Gasteiger partial charge on any atom is 0.300 e. The van der Waals surface area contributed by atoms with Gasteiger partial charge in [-0.1, -0.05) is 44.0 Å². The molecule has 0 bridgehead atoms. The zero-order valence-corrected chi connectivity index (χ0v) is 20.8. The van der Waals surface area contributed by atoms with Crippen molar-refractivity contribution in [3.8, 4) is 11.5 Å². The second-order valence-electron chi connectivity index (χ2n) is 9.06. The molecule has 1 saturated heterocycles. The molecule has 1 aliphatic rings. The first-order valence-corrected chi connectivity index (χ1v) is 12.2. The summed E-state index contributed by atoms with van der Waals surface area (Å²) >= 11 is 0. The average molecular weight is 486 g/mol. The molecular formula is C30H31NO5. The molecule has 4 rings (SSSR count). The van der Waals surface area contributed by atoms with Gasteiger partial charge in [0, 0.05) is 11.3 Å². The lowest BCUT2D eigenvalue weighted by Crippen LogP contribution is -2.30. The summed E-state index contributed by atoms with van der Waals surface area (Å²) in [5, 5.41) is 21.1. The number of carbonyl (C=O) groups is 2. The molecule has 0 radical (unpaired) electrons. The number of phenolic OH excluding ortho intramolecular Hbond substituents is 1. The molecule has 3 aromatic carbocycles. The lowest BCUT2D eigenvalue weighted by molar-refractivity contribution is -0.132. The molecule has 1 heterocycles. The third kappa shape index (κ3) is 4.85. The van der Waals surface area contributed by atoms with Crippen molar-refractivity contribution in [3.05, 3.63) is 94.6 Å². The number of Topliss-reactive ketones (excluding diaryl/α,β-unsaturated/α-hetero) is 1. The van der Waals surface area contributed by atoms with Crippen molar-refractivity contribution in [1.29, 1.82) is 0 Å². The molecule has 0 saturated carbocycles. The predicted octanol–water partition coefficient (Wildman–Crippen LogP) is 6.20. The van der Waals surface area contributed by atoms with Gasteiger partial charge in [-0.3, -0.25) is 14.5 Å². The number of nitrogens with zero attached hydrogens (tertiary/aromatic N) is 1. The summed E-state index contributed by atoms with van der Waals surface area (Å²) in [7, 11) is 0. The van der Waals surface area contributed by atoms with E-state index in [1.807, 2.05) is 26.0 Å². The number of aliphatic hydroxyl groups excluding tert-OH is 1. The van der Waals surface area contributed by atoms with Crippen molar-refractivity contribution >= 4 is 23.1 Å². The van der Waals surface area contributed by atoms with Crippen LogP contribution in [0.3, 0.4) is 0 Å². The topological polar surface area (TPSA) is 87.1 Å². The number of aliphatic hydroxyl groups is 1. The maximum atomic E-state index is 13.4. The fraction of sp³-hybridized carbons (Fsp3) is 0.267. The van der Waals surface area contributed by atoms with Crippen molar-refractivity contribution in [2.45, 2.75) is 46.1 Å². The molecule has 0 aliphatic carbocycles. The first-order valence-electron chi connectivity index (χ1n) is 12.2. The van der Waals surface area contributed by atoms with Crippen molar-refractivity contribution in [2.24, 2.45) is 0 Å². The Kier molecular flexibility index (Phi) is 7.44. The Morgan fingerprint density at radius 1 is 0.944 bits per heavy atom. The third-order valence-electron chi connectivity index (χ3n) is 6.63. The van der Waals surface area contributed by atoms with Crippen LogP contribution >= 0.6 is 0 Å². The van der Waals surface area contributed by atoms with Gasteiger partial charge in [-0.25, -0.2) is 0 Å². The Labute approximate surface area is 211 Å². The van der Waals surface area contributed by atoms with Crippen LogP contribution in [0.2, 0.25) is 0 Å². The Morgan fingerprint density at radius 3 is 2.31 bits per heavy atom. The summed E-state index contributed by atoms with van der Waals surface area (Å²) < 4.78 is 5.76.